The van der Waals surface area contributed by atoms with E-state index in [-0.39, 0.29) is 6.04 Å². The molecule has 1 atom stereocenters. The Kier molecular flexibility index (Phi) is 3.11. The molecule has 0 fully saturated rings. The van der Waals surface area contributed by atoms with Crippen molar-refractivity contribution in [2.75, 3.05) is 5.32 Å². The van der Waals surface area contributed by atoms with Gasteiger partial charge in [-0.05, 0) is 19.1 Å². The number of halogens is 1. The summed E-state index contributed by atoms with van der Waals surface area (Å²) in [5, 5.41) is 3.69. The summed E-state index contributed by atoms with van der Waals surface area (Å²) in [5.74, 6) is 0. The molecule has 0 bridgehead atoms. The molecule has 0 aliphatic rings. The molecule has 0 amide bonds. The normalized spacial score (nSPS) is 12.2. The topological polar surface area (TPSA) is 24.9 Å². The van der Waals surface area contributed by atoms with Crippen molar-refractivity contribution in [1.29, 1.82) is 0 Å². The van der Waals surface area contributed by atoms with Gasteiger partial charge < -0.3 is 5.32 Å². The van der Waals surface area contributed by atoms with Crippen LogP contribution in [0.4, 0.5) is 5.69 Å². The maximum atomic E-state index is 5.69. The van der Waals surface area contributed by atoms with Crippen molar-refractivity contribution in [2.24, 2.45) is 0 Å². The molecule has 0 saturated carbocycles. The van der Waals surface area contributed by atoms with Crippen molar-refractivity contribution in [3.63, 3.8) is 0 Å². The lowest BCUT2D eigenvalue weighted by Crippen LogP contribution is -2.10. The van der Waals surface area contributed by atoms with Crippen molar-refractivity contribution >= 4 is 17.3 Å². The van der Waals surface area contributed by atoms with E-state index in [1.54, 1.807) is 12.3 Å². The second-order valence-corrected chi connectivity index (χ2v) is 2.92. The SMILES string of the molecule is C=CC(C)Nc1ccnc(Cl)c1. The molecular weight excluding hydrogens is 172 g/mol. The zero-order valence-electron chi connectivity index (χ0n) is 6.92. The van der Waals surface area contributed by atoms with Gasteiger partial charge in [0.2, 0.25) is 0 Å². The van der Waals surface area contributed by atoms with E-state index in [0.29, 0.717) is 5.15 Å². The molecular formula is C9H11ClN2. The Labute approximate surface area is 77.3 Å². The van der Waals surface area contributed by atoms with Gasteiger partial charge in [0.1, 0.15) is 5.15 Å². The highest BCUT2D eigenvalue weighted by Crippen LogP contribution is 2.12. The van der Waals surface area contributed by atoms with Gasteiger partial charge in [-0.15, -0.1) is 6.58 Å². The quantitative estimate of drug-likeness (QED) is 0.575. The lowest BCUT2D eigenvalue weighted by molar-refractivity contribution is 1.000. The van der Waals surface area contributed by atoms with E-state index in [1.165, 1.54) is 0 Å². The molecule has 3 heteroatoms. The molecule has 1 rings (SSSR count). The van der Waals surface area contributed by atoms with Crippen LogP contribution in [0.5, 0.6) is 0 Å². The number of hydrogen-bond acceptors (Lipinski definition) is 2. The third-order valence-electron chi connectivity index (χ3n) is 1.47. The third kappa shape index (κ3) is 2.55. The number of pyridine rings is 1. The highest BCUT2D eigenvalue weighted by atomic mass is 35.5. The molecule has 0 aliphatic carbocycles. The zero-order valence-corrected chi connectivity index (χ0v) is 7.67. The Hall–Kier alpha value is -1.02. The number of nitrogens with one attached hydrogen (secondary N) is 1. The average molecular weight is 183 g/mol. The summed E-state index contributed by atoms with van der Waals surface area (Å²) in [5.41, 5.74) is 0.961. The fourth-order valence-electron chi connectivity index (χ4n) is 0.814. The predicted molar refractivity (Wildman–Crippen MR) is 52.5 cm³/mol. The molecule has 1 aromatic rings. The van der Waals surface area contributed by atoms with E-state index in [0.717, 1.165) is 5.69 Å². The summed E-state index contributed by atoms with van der Waals surface area (Å²) in [4.78, 5) is 3.87. The van der Waals surface area contributed by atoms with Crippen LogP contribution in [0.3, 0.4) is 0 Å². The molecule has 1 aromatic heterocycles. The largest absolute Gasteiger partial charge is 0.379 e. The first kappa shape index (κ1) is 9.07. The predicted octanol–water partition coefficient (Wildman–Crippen LogP) is 2.72. The number of nitrogens with zero attached hydrogens (tertiary/aromatic N) is 1. The van der Waals surface area contributed by atoms with Gasteiger partial charge in [-0.1, -0.05) is 17.7 Å². The average Bonchev–Trinajstić information content (AvgIpc) is 2.04. The first-order valence-corrected chi connectivity index (χ1v) is 4.11. The van der Waals surface area contributed by atoms with Crippen LogP contribution in [0.25, 0.3) is 0 Å². The van der Waals surface area contributed by atoms with Crippen molar-refractivity contribution < 1.29 is 0 Å². The molecule has 1 heterocycles. The smallest absolute Gasteiger partial charge is 0.131 e. The molecule has 64 valence electrons. The first-order valence-electron chi connectivity index (χ1n) is 3.73. The van der Waals surface area contributed by atoms with Crippen LogP contribution in [0.15, 0.2) is 31.0 Å². The lowest BCUT2D eigenvalue weighted by Gasteiger charge is -2.09. The van der Waals surface area contributed by atoms with Crippen LogP contribution in [0, 0.1) is 0 Å². The molecule has 0 spiro atoms. The van der Waals surface area contributed by atoms with Gasteiger partial charge in [0, 0.05) is 17.9 Å². The Morgan fingerprint density at radius 3 is 3.08 bits per heavy atom. The Bertz CT molecular complexity index is 273. The van der Waals surface area contributed by atoms with Gasteiger partial charge in [0.25, 0.3) is 0 Å². The maximum Gasteiger partial charge on any atom is 0.131 e. The van der Waals surface area contributed by atoms with Crippen LogP contribution in [0.1, 0.15) is 6.92 Å². The van der Waals surface area contributed by atoms with Gasteiger partial charge in [0.15, 0.2) is 0 Å². The molecule has 1 N–H and O–H groups in total. The van der Waals surface area contributed by atoms with Gasteiger partial charge in [-0.3, -0.25) is 0 Å². The van der Waals surface area contributed by atoms with Crippen molar-refractivity contribution in [3.8, 4) is 0 Å². The van der Waals surface area contributed by atoms with Gasteiger partial charge in [-0.25, -0.2) is 4.98 Å². The van der Waals surface area contributed by atoms with E-state index in [1.807, 2.05) is 19.1 Å². The highest BCUT2D eigenvalue weighted by Gasteiger charge is 1.96. The fraction of sp³-hybridized carbons (Fsp3) is 0.222. The standard InChI is InChI=1S/C9H11ClN2/c1-3-7(2)12-8-4-5-11-9(10)6-8/h3-7H,1H2,2H3,(H,11,12). The minimum atomic E-state index is 0.239. The van der Waals surface area contributed by atoms with Gasteiger partial charge in [-0.2, -0.15) is 0 Å². The van der Waals surface area contributed by atoms with Crippen LogP contribution >= 0.6 is 11.6 Å². The Balaban J connectivity index is 2.69. The number of anilines is 1. The van der Waals surface area contributed by atoms with Crippen LogP contribution in [0.2, 0.25) is 5.15 Å². The van der Waals surface area contributed by atoms with E-state index >= 15 is 0 Å². The van der Waals surface area contributed by atoms with Crippen molar-refractivity contribution in [3.05, 3.63) is 36.1 Å². The van der Waals surface area contributed by atoms with E-state index in [9.17, 15) is 0 Å². The fourth-order valence-corrected chi connectivity index (χ4v) is 0.988. The summed E-state index contributed by atoms with van der Waals surface area (Å²) in [7, 11) is 0. The first-order chi connectivity index (χ1) is 5.72. The molecule has 0 saturated heterocycles. The van der Waals surface area contributed by atoms with Crippen molar-refractivity contribution in [1.82, 2.24) is 4.98 Å². The third-order valence-corrected chi connectivity index (χ3v) is 1.68. The maximum absolute atomic E-state index is 5.69. The molecule has 2 nitrogen and oxygen atoms in total. The Morgan fingerprint density at radius 2 is 2.50 bits per heavy atom. The Morgan fingerprint density at radius 1 is 1.75 bits per heavy atom. The summed E-state index contributed by atoms with van der Waals surface area (Å²) in [6, 6.07) is 3.89. The molecule has 12 heavy (non-hydrogen) atoms. The van der Waals surface area contributed by atoms with Gasteiger partial charge >= 0.3 is 0 Å². The molecule has 0 radical (unpaired) electrons. The summed E-state index contributed by atoms with van der Waals surface area (Å²) < 4.78 is 0. The second kappa shape index (κ2) is 4.12. The number of aromatic nitrogens is 1. The molecule has 0 aliphatic heterocycles. The summed E-state index contributed by atoms with van der Waals surface area (Å²) >= 11 is 5.69. The highest BCUT2D eigenvalue weighted by molar-refractivity contribution is 6.29. The minimum Gasteiger partial charge on any atom is -0.379 e. The van der Waals surface area contributed by atoms with Gasteiger partial charge in [0.05, 0.1) is 0 Å². The zero-order chi connectivity index (χ0) is 8.97. The van der Waals surface area contributed by atoms with E-state index < -0.39 is 0 Å². The monoisotopic (exact) mass is 182 g/mol. The summed E-state index contributed by atoms with van der Waals surface area (Å²) in [6.07, 6.45) is 3.49. The number of rotatable bonds is 3. The second-order valence-electron chi connectivity index (χ2n) is 2.54. The van der Waals surface area contributed by atoms with Crippen LogP contribution in [-0.2, 0) is 0 Å². The van der Waals surface area contributed by atoms with Crippen molar-refractivity contribution in [2.45, 2.75) is 13.0 Å². The minimum absolute atomic E-state index is 0.239. The molecule has 0 aromatic carbocycles. The van der Waals surface area contributed by atoms with E-state index in [4.69, 9.17) is 11.6 Å². The number of hydrogen-bond donors (Lipinski definition) is 1. The van der Waals surface area contributed by atoms with E-state index in [2.05, 4.69) is 16.9 Å². The van der Waals surface area contributed by atoms with Crippen LogP contribution < -0.4 is 5.32 Å². The molecule has 1 unspecified atom stereocenters. The lowest BCUT2D eigenvalue weighted by atomic mass is 10.3. The van der Waals surface area contributed by atoms with Crippen LogP contribution in [-0.4, -0.2) is 11.0 Å². The summed E-state index contributed by atoms with van der Waals surface area (Å²) in [6.45, 7) is 5.68.